The molecule has 0 amide bonds. The third kappa shape index (κ3) is 25.6. The van der Waals surface area contributed by atoms with Gasteiger partial charge in [-0.2, -0.15) is 8.42 Å². The quantitative estimate of drug-likeness (QED) is 0.0295. The van der Waals surface area contributed by atoms with Gasteiger partial charge in [-0.1, -0.05) is 155 Å². The molecule has 0 aromatic rings. The average Bonchev–Trinajstić information content (AvgIpc) is 3.02. The minimum atomic E-state index is -5.08. The Morgan fingerprint density at radius 3 is 1.02 bits per heavy atom. The Balaban J connectivity index is 0. The highest BCUT2D eigenvalue weighted by atomic mass is 32.2. The molecule has 11 nitrogen and oxygen atoms in total. The summed E-state index contributed by atoms with van der Waals surface area (Å²) in [5.41, 5.74) is -2.02. The number of carboxylic acids is 2. The van der Waals surface area contributed by atoms with E-state index in [0.29, 0.717) is 32.5 Å². The molecular weight excluding hydrogens is 638 g/mol. The molecule has 0 aliphatic rings. The fourth-order valence-electron chi connectivity index (χ4n) is 6.33. The minimum Gasteiger partial charge on any atom is -0.481 e. The summed E-state index contributed by atoms with van der Waals surface area (Å²) in [4.78, 5) is 26.1. The van der Waals surface area contributed by atoms with E-state index in [9.17, 15) is 32.8 Å². The lowest BCUT2D eigenvalue weighted by Gasteiger charge is -2.33. The van der Waals surface area contributed by atoms with Crippen molar-refractivity contribution in [1.82, 2.24) is 4.90 Å². The zero-order chi connectivity index (χ0) is 36.5. The second kappa shape index (κ2) is 32.9. The SMILES string of the molecule is CCCCCCCCCCCCCC(CCCCCCCCCCCCC)(C(=O)O)C(C(=O)O)S(=O)(=O)O.OCCN(CCO)CCO. The van der Waals surface area contributed by atoms with E-state index >= 15 is 0 Å². The van der Waals surface area contributed by atoms with Crippen LogP contribution in [0.25, 0.3) is 0 Å². The number of hydrogen-bond acceptors (Lipinski definition) is 8. The Morgan fingerprint density at radius 1 is 0.542 bits per heavy atom. The smallest absolute Gasteiger partial charge is 0.325 e. The molecule has 0 aromatic heterocycles. The molecule has 6 N–H and O–H groups in total. The molecule has 288 valence electrons. The number of nitrogens with zero attached hydrogens (tertiary/aromatic N) is 1. The number of carboxylic acid groups (broad SMARTS) is 2. The van der Waals surface area contributed by atoms with Gasteiger partial charge in [-0.15, -0.1) is 0 Å². The van der Waals surface area contributed by atoms with E-state index in [-0.39, 0.29) is 32.7 Å². The Hall–Kier alpha value is -1.31. The Morgan fingerprint density at radius 2 is 0.812 bits per heavy atom. The highest BCUT2D eigenvalue weighted by Gasteiger charge is 2.55. The first kappa shape index (κ1) is 48.8. The molecule has 48 heavy (non-hydrogen) atoms. The van der Waals surface area contributed by atoms with Crippen LogP contribution in [0.4, 0.5) is 0 Å². The second-order valence-corrected chi connectivity index (χ2v) is 14.8. The number of unbranched alkanes of at least 4 members (excludes halogenated alkanes) is 20. The summed E-state index contributed by atoms with van der Waals surface area (Å²) < 4.78 is 33.8. The summed E-state index contributed by atoms with van der Waals surface area (Å²) in [5.74, 6) is -3.23. The van der Waals surface area contributed by atoms with Crippen LogP contribution in [0, 0.1) is 5.41 Å². The van der Waals surface area contributed by atoms with Gasteiger partial charge in [0.2, 0.25) is 0 Å². The predicted octanol–water partition coefficient (Wildman–Crippen LogP) is 7.07. The Kier molecular flexibility index (Phi) is 33.4. The molecule has 0 spiro atoms. The average molecular weight is 712 g/mol. The van der Waals surface area contributed by atoms with E-state index in [2.05, 4.69) is 13.8 Å². The van der Waals surface area contributed by atoms with Gasteiger partial charge in [0, 0.05) is 19.6 Å². The summed E-state index contributed by atoms with van der Waals surface area (Å²) in [6.07, 6.45) is 23.3. The molecule has 12 heteroatoms. The van der Waals surface area contributed by atoms with Crippen LogP contribution in [0.1, 0.15) is 168 Å². The lowest BCUT2D eigenvalue weighted by Crippen LogP contribution is -2.51. The Bertz CT molecular complexity index is 815. The summed E-state index contributed by atoms with van der Waals surface area (Å²) >= 11 is 0. The predicted molar refractivity (Wildman–Crippen MR) is 193 cm³/mol. The first-order valence-corrected chi connectivity index (χ1v) is 20.5. The molecule has 0 rings (SSSR count). The molecular formula is C36H73NO10S. The number of rotatable bonds is 34. The summed E-state index contributed by atoms with van der Waals surface area (Å²) in [6.45, 7) is 6.15. The van der Waals surface area contributed by atoms with Crippen LogP contribution in [0.2, 0.25) is 0 Å². The van der Waals surface area contributed by atoms with Crippen LogP contribution in [0.15, 0.2) is 0 Å². The van der Waals surface area contributed by atoms with E-state index in [1.807, 2.05) is 0 Å². The third-order valence-electron chi connectivity index (χ3n) is 9.15. The summed E-state index contributed by atoms with van der Waals surface area (Å²) in [6, 6.07) is 0. The molecule has 1 atom stereocenters. The molecule has 0 saturated carbocycles. The Labute approximate surface area is 292 Å². The van der Waals surface area contributed by atoms with E-state index in [1.165, 1.54) is 77.0 Å². The van der Waals surface area contributed by atoms with Gasteiger partial charge in [-0.25, -0.2) is 0 Å². The third-order valence-corrected chi connectivity index (χ3v) is 10.4. The van der Waals surface area contributed by atoms with Crippen LogP contribution in [0.5, 0.6) is 0 Å². The highest BCUT2D eigenvalue weighted by Crippen LogP contribution is 2.39. The van der Waals surface area contributed by atoms with Gasteiger partial charge in [-0.3, -0.25) is 19.0 Å². The molecule has 0 bridgehead atoms. The van der Waals surface area contributed by atoms with Crippen molar-refractivity contribution in [2.75, 3.05) is 39.5 Å². The number of carbonyl (C=O) groups is 2. The number of hydrogen-bond donors (Lipinski definition) is 6. The topological polar surface area (TPSA) is 193 Å². The van der Waals surface area contributed by atoms with E-state index in [4.69, 9.17) is 15.3 Å². The lowest BCUT2D eigenvalue weighted by atomic mass is 9.74. The number of aliphatic carboxylic acids is 2. The zero-order valence-corrected chi connectivity index (χ0v) is 31.3. The van der Waals surface area contributed by atoms with Crippen molar-refractivity contribution in [3.63, 3.8) is 0 Å². The van der Waals surface area contributed by atoms with Crippen molar-refractivity contribution < 1.29 is 48.1 Å². The maximum Gasteiger partial charge on any atom is 0.325 e. The molecule has 0 aromatic carbocycles. The van der Waals surface area contributed by atoms with Crippen LogP contribution in [0.3, 0.4) is 0 Å². The van der Waals surface area contributed by atoms with Gasteiger partial charge in [0.1, 0.15) is 0 Å². The normalized spacial score (nSPS) is 12.6. The monoisotopic (exact) mass is 711 g/mol. The van der Waals surface area contributed by atoms with Crippen molar-refractivity contribution in [2.24, 2.45) is 5.41 Å². The first-order valence-electron chi connectivity index (χ1n) is 19.0. The maximum absolute atomic E-state index is 12.4. The number of aliphatic hydroxyl groups excluding tert-OH is 3. The van der Waals surface area contributed by atoms with Crippen LogP contribution in [-0.2, 0) is 19.7 Å². The van der Waals surface area contributed by atoms with Crippen molar-refractivity contribution in [2.45, 2.75) is 173 Å². The van der Waals surface area contributed by atoms with E-state index < -0.39 is 32.7 Å². The second-order valence-electron chi connectivity index (χ2n) is 13.3. The standard InChI is InChI=1S/C30H58O7S.C6H15NO3/c1-3-5-7-9-11-13-15-17-19-21-23-25-30(29(33)34,27(28(31)32)38(35,36)37)26-24-22-20-18-16-14-12-10-8-6-4-2;8-4-1-7(2-5-9)3-6-10/h27H,3-26H2,1-2H3,(H,31,32)(H,33,34)(H,35,36,37);8-10H,1-6H2. The molecule has 0 aliphatic heterocycles. The van der Waals surface area contributed by atoms with Crippen LogP contribution >= 0.6 is 0 Å². The van der Waals surface area contributed by atoms with Crippen LogP contribution < -0.4 is 0 Å². The highest BCUT2D eigenvalue weighted by molar-refractivity contribution is 7.87. The molecule has 0 radical (unpaired) electrons. The van der Waals surface area contributed by atoms with Gasteiger partial charge in [-0.05, 0) is 12.8 Å². The van der Waals surface area contributed by atoms with Gasteiger partial charge < -0.3 is 25.5 Å². The van der Waals surface area contributed by atoms with Gasteiger partial charge >= 0.3 is 11.9 Å². The van der Waals surface area contributed by atoms with E-state index in [1.54, 1.807) is 4.90 Å². The molecule has 0 saturated heterocycles. The number of aliphatic hydroxyl groups is 3. The van der Waals surface area contributed by atoms with Crippen molar-refractivity contribution in [3.05, 3.63) is 0 Å². The summed E-state index contributed by atoms with van der Waals surface area (Å²) in [5, 5.41) is 42.8. The molecule has 0 fully saturated rings. The lowest BCUT2D eigenvalue weighted by molar-refractivity contribution is -0.156. The maximum atomic E-state index is 12.4. The van der Waals surface area contributed by atoms with Crippen molar-refractivity contribution >= 4 is 22.1 Å². The summed E-state index contributed by atoms with van der Waals surface area (Å²) in [7, 11) is -5.08. The fourth-order valence-corrected chi connectivity index (χ4v) is 7.49. The molecule has 0 aliphatic carbocycles. The van der Waals surface area contributed by atoms with Crippen molar-refractivity contribution in [1.29, 1.82) is 0 Å². The van der Waals surface area contributed by atoms with Gasteiger partial charge in [0.25, 0.3) is 10.1 Å². The molecule has 1 unspecified atom stereocenters. The van der Waals surface area contributed by atoms with E-state index in [0.717, 1.165) is 51.4 Å². The largest absolute Gasteiger partial charge is 0.481 e. The van der Waals surface area contributed by atoms with Gasteiger partial charge in [0.05, 0.1) is 25.2 Å². The zero-order valence-electron chi connectivity index (χ0n) is 30.5. The van der Waals surface area contributed by atoms with Gasteiger partial charge in [0.15, 0.2) is 5.25 Å². The van der Waals surface area contributed by atoms with Crippen LogP contribution in [-0.4, -0.2) is 100 Å². The van der Waals surface area contributed by atoms with Crippen molar-refractivity contribution in [3.8, 4) is 0 Å². The molecule has 0 heterocycles. The fraction of sp³-hybridized carbons (Fsp3) is 0.944. The first-order chi connectivity index (χ1) is 23.0. The minimum absolute atomic E-state index is 0.0616.